The predicted octanol–water partition coefficient (Wildman–Crippen LogP) is 1.92. The molecule has 0 amide bonds. The Labute approximate surface area is 109 Å². The molecule has 0 aromatic carbocycles. The third kappa shape index (κ3) is 2.99. The van der Waals surface area contributed by atoms with E-state index in [1.807, 2.05) is 6.07 Å². The highest BCUT2D eigenvalue weighted by Crippen LogP contribution is 2.18. The van der Waals surface area contributed by atoms with Gasteiger partial charge in [-0.2, -0.15) is 5.26 Å². The number of nitrogens with zero attached hydrogens (tertiary/aromatic N) is 3. The molecule has 0 spiro atoms. The summed E-state index contributed by atoms with van der Waals surface area (Å²) in [7, 11) is 0. The van der Waals surface area contributed by atoms with Crippen molar-refractivity contribution in [3.63, 3.8) is 0 Å². The van der Waals surface area contributed by atoms with Crippen molar-refractivity contribution in [2.75, 3.05) is 18.0 Å². The van der Waals surface area contributed by atoms with Crippen LogP contribution in [0.1, 0.15) is 32.4 Å². The molecule has 4 heteroatoms. The average molecular weight is 244 g/mol. The Morgan fingerprint density at radius 3 is 2.89 bits per heavy atom. The Morgan fingerprint density at radius 2 is 2.39 bits per heavy atom. The fraction of sp³-hybridized carbons (Fsp3) is 0.571. The third-order valence-corrected chi connectivity index (χ3v) is 3.40. The summed E-state index contributed by atoms with van der Waals surface area (Å²) in [4.78, 5) is 6.50. The van der Waals surface area contributed by atoms with E-state index in [1.165, 1.54) is 12.8 Å². The molecule has 0 bridgehead atoms. The molecule has 1 aliphatic heterocycles. The maximum atomic E-state index is 8.77. The highest BCUT2D eigenvalue weighted by molar-refractivity contribution is 5.47. The maximum Gasteiger partial charge on any atom is 0.140 e. The van der Waals surface area contributed by atoms with Crippen molar-refractivity contribution in [2.45, 2.75) is 38.8 Å². The molecule has 1 aromatic heterocycles. The molecular formula is C14H20N4. The molecule has 1 aromatic rings. The second-order valence-electron chi connectivity index (χ2n) is 5.05. The van der Waals surface area contributed by atoms with Crippen molar-refractivity contribution < 1.29 is 0 Å². The zero-order valence-corrected chi connectivity index (χ0v) is 11.1. The number of hydrogen-bond acceptors (Lipinski definition) is 4. The molecule has 2 heterocycles. The fourth-order valence-corrected chi connectivity index (χ4v) is 2.39. The molecule has 1 aliphatic rings. The van der Waals surface area contributed by atoms with E-state index >= 15 is 0 Å². The van der Waals surface area contributed by atoms with Gasteiger partial charge in [-0.25, -0.2) is 4.98 Å². The van der Waals surface area contributed by atoms with Gasteiger partial charge in [-0.15, -0.1) is 0 Å². The fourth-order valence-electron chi connectivity index (χ4n) is 2.39. The van der Waals surface area contributed by atoms with E-state index in [4.69, 9.17) is 5.26 Å². The van der Waals surface area contributed by atoms with Crippen molar-refractivity contribution >= 4 is 5.69 Å². The number of rotatable bonds is 4. The molecule has 96 valence electrons. The second-order valence-corrected chi connectivity index (χ2v) is 5.05. The minimum Gasteiger partial charge on any atom is -0.366 e. The number of nitrogens with one attached hydrogen (secondary N) is 1. The minimum atomic E-state index is 0.433. The molecule has 1 fully saturated rings. The van der Waals surface area contributed by atoms with Crippen LogP contribution in [0.5, 0.6) is 0 Å². The number of pyridine rings is 1. The van der Waals surface area contributed by atoms with Crippen LogP contribution in [-0.4, -0.2) is 30.2 Å². The van der Waals surface area contributed by atoms with E-state index in [0.29, 0.717) is 17.8 Å². The minimum absolute atomic E-state index is 0.433. The molecule has 0 saturated carbocycles. The van der Waals surface area contributed by atoms with Gasteiger partial charge in [0.1, 0.15) is 11.8 Å². The largest absolute Gasteiger partial charge is 0.366 e. The Balaban J connectivity index is 2.10. The van der Waals surface area contributed by atoms with Gasteiger partial charge in [0.25, 0.3) is 0 Å². The summed E-state index contributed by atoms with van der Waals surface area (Å²) in [5.74, 6) is 0. The second kappa shape index (κ2) is 5.83. The molecule has 2 rings (SSSR count). The number of anilines is 1. The van der Waals surface area contributed by atoms with Crippen molar-refractivity contribution in [3.05, 3.63) is 24.0 Å². The first kappa shape index (κ1) is 12.8. The van der Waals surface area contributed by atoms with Gasteiger partial charge in [-0.1, -0.05) is 0 Å². The van der Waals surface area contributed by atoms with Crippen LogP contribution < -0.4 is 10.2 Å². The Bertz CT molecular complexity index is 412. The van der Waals surface area contributed by atoms with E-state index in [9.17, 15) is 0 Å². The van der Waals surface area contributed by atoms with Gasteiger partial charge >= 0.3 is 0 Å². The van der Waals surface area contributed by atoms with Gasteiger partial charge in [0.15, 0.2) is 0 Å². The lowest BCUT2D eigenvalue weighted by Crippen LogP contribution is -2.41. The molecule has 18 heavy (non-hydrogen) atoms. The van der Waals surface area contributed by atoms with Crippen molar-refractivity contribution in [1.82, 2.24) is 10.3 Å². The molecule has 1 atom stereocenters. The van der Waals surface area contributed by atoms with Crippen molar-refractivity contribution in [3.8, 4) is 6.07 Å². The lowest BCUT2D eigenvalue weighted by Gasteiger charge is -2.31. The first-order valence-electron chi connectivity index (χ1n) is 6.57. The van der Waals surface area contributed by atoms with Crippen molar-refractivity contribution in [2.24, 2.45) is 0 Å². The molecule has 1 saturated heterocycles. The van der Waals surface area contributed by atoms with E-state index in [0.717, 1.165) is 18.8 Å². The van der Waals surface area contributed by atoms with Crippen LogP contribution in [0.15, 0.2) is 18.3 Å². The summed E-state index contributed by atoms with van der Waals surface area (Å²) in [5.41, 5.74) is 1.57. The maximum absolute atomic E-state index is 8.77. The molecular weight excluding hydrogens is 224 g/mol. The third-order valence-electron chi connectivity index (χ3n) is 3.40. The SMILES string of the molecule is CC(C)N(CC1CCCN1)c1ccc(C#N)nc1. The van der Waals surface area contributed by atoms with E-state index < -0.39 is 0 Å². The van der Waals surface area contributed by atoms with Crippen LogP contribution in [0, 0.1) is 11.3 Å². The van der Waals surface area contributed by atoms with E-state index in [2.05, 4.69) is 35.1 Å². The highest BCUT2D eigenvalue weighted by Gasteiger charge is 2.20. The normalized spacial score (nSPS) is 18.9. The van der Waals surface area contributed by atoms with Crippen LogP contribution in [0.25, 0.3) is 0 Å². The quantitative estimate of drug-likeness (QED) is 0.879. The van der Waals surface area contributed by atoms with Crippen LogP contribution in [0.4, 0.5) is 5.69 Å². The van der Waals surface area contributed by atoms with Gasteiger partial charge in [-0.05, 0) is 45.4 Å². The number of hydrogen-bond donors (Lipinski definition) is 1. The van der Waals surface area contributed by atoms with E-state index in [-0.39, 0.29) is 0 Å². The van der Waals surface area contributed by atoms with Gasteiger partial charge in [0.05, 0.1) is 11.9 Å². The lowest BCUT2D eigenvalue weighted by molar-refractivity contribution is 0.552. The lowest BCUT2D eigenvalue weighted by atomic mass is 10.1. The highest BCUT2D eigenvalue weighted by atomic mass is 15.2. The standard InChI is InChI=1S/C14H20N4/c1-11(2)18(10-13-4-3-7-16-13)14-6-5-12(8-15)17-9-14/h5-6,9,11,13,16H,3-4,7,10H2,1-2H3. The first-order valence-corrected chi connectivity index (χ1v) is 6.57. The van der Waals surface area contributed by atoms with Gasteiger partial charge in [0, 0.05) is 18.6 Å². The molecule has 4 nitrogen and oxygen atoms in total. The zero-order chi connectivity index (χ0) is 13.0. The Hall–Kier alpha value is -1.60. The Morgan fingerprint density at radius 1 is 1.56 bits per heavy atom. The monoisotopic (exact) mass is 244 g/mol. The predicted molar refractivity (Wildman–Crippen MR) is 72.5 cm³/mol. The molecule has 1 N–H and O–H groups in total. The molecule has 0 radical (unpaired) electrons. The summed E-state index contributed by atoms with van der Waals surface area (Å²) < 4.78 is 0. The Kier molecular flexibility index (Phi) is 4.16. The summed E-state index contributed by atoms with van der Waals surface area (Å²) in [6, 6.07) is 6.83. The van der Waals surface area contributed by atoms with Crippen LogP contribution >= 0.6 is 0 Å². The number of nitriles is 1. The number of aromatic nitrogens is 1. The summed E-state index contributed by atoms with van der Waals surface area (Å²) in [6.07, 6.45) is 4.31. The van der Waals surface area contributed by atoms with Gasteiger partial charge in [-0.3, -0.25) is 0 Å². The average Bonchev–Trinajstić information content (AvgIpc) is 2.89. The first-order chi connectivity index (χ1) is 8.70. The zero-order valence-electron chi connectivity index (χ0n) is 11.1. The molecule has 0 aliphatic carbocycles. The summed E-state index contributed by atoms with van der Waals surface area (Å²) in [5, 5.41) is 12.3. The van der Waals surface area contributed by atoms with Crippen LogP contribution in [0.2, 0.25) is 0 Å². The van der Waals surface area contributed by atoms with Crippen molar-refractivity contribution in [1.29, 1.82) is 5.26 Å². The van der Waals surface area contributed by atoms with Gasteiger partial charge < -0.3 is 10.2 Å². The smallest absolute Gasteiger partial charge is 0.140 e. The van der Waals surface area contributed by atoms with Gasteiger partial charge in [0.2, 0.25) is 0 Å². The van der Waals surface area contributed by atoms with Crippen LogP contribution in [0.3, 0.4) is 0 Å². The topological polar surface area (TPSA) is 52.0 Å². The molecule has 1 unspecified atom stereocenters. The summed E-state index contributed by atoms with van der Waals surface area (Å²) >= 11 is 0. The summed E-state index contributed by atoms with van der Waals surface area (Å²) in [6.45, 7) is 6.51. The van der Waals surface area contributed by atoms with E-state index in [1.54, 1.807) is 12.3 Å². The van der Waals surface area contributed by atoms with Crippen LogP contribution in [-0.2, 0) is 0 Å².